The number of aromatic carboxylic acids is 1. The molecule has 2 heterocycles. The largest absolute Gasteiger partial charge is 0.477 e. The van der Waals surface area contributed by atoms with Gasteiger partial charge in [0.15, 0.2) is 5.82 Å². The van der Waals surface area contributed by atoms with Gasteiger partial charge in [0.25, 0.3) is 10.0 Å². The zero-order valence-corrected chi connectivity index (χ0v) is 13.3. The normalized spacial score (nSPS) is 12.3. The second-order valence-corrected chi connectivity index (χ2v) is 8.44. The van der Waals surface area contributed by atoms with Crippen molar-refractivity contribution in [2.45, 2.75) is 30.4 Å². The minimum Gasteiger partial charge on any atom is -0.477 e. The lowest BCUT2D eigenvalue weighted by Crippen LogP contribution is -2.12. The van der Waals surface area contributed by atoms with Crippen LogP contribution in [0.5, 0.6) is 0 Å². The van der Waals surface area contributed by atoms with Gasteiger partial charge in [-0.05, 0) is 12.1 Å². The van der Waals surface area contributed by atoms with Gasteiger partial charge in [0.1, 0.15) is 9.09 Å². The van der Waals surface area contributed by atoms with Crippen LogP contribution in [0.2, 0.25) is 0 Å². The molecule has 114 valence electrons. The van der Waals surface area contributed by atoms with Crippen LogP contribution in [0, 0.1) is 0 Å². The molecule has 2 aromatic heterocycles. The van der Waals surface area contributed by atoms with Crippen molar-refractivity contribution in [1.82, 2.24) is 10.2 Å². The van der Waals surface area contributed by atoms with Crippen LogP contribution in [0.4, 0.5) is 5.82 Å². The van der Waals surface area contributed by atoms with Crippen LogP contribution in [0.15, 0.2) is 22.4 Å². The number of aromatic amines is 1. The average molecular weight is 329 g/mol. The smallest absolute Gasteiger partial charge is 0.345 e. The van der Waals surface area contributed by atoms with Crippen LogP contribution in [-0.2, 0) is 15.4 Å². The van der Waals surface area contributed by atoms with Gasteiger partial charge in [0.05, 0.1) is 0 Å². The minimum absolute atomic E-state index is 0.0345. The van der Waals surface area contributed by atoms with Crippen LogP contribution in [0.1, 0.15) is 36.1 Å². The Morgan fingerprint density at radius 2 is 2.05 bits per heavy atom. The number of nitrogens with one attached hydrogen (secondary N) is 2. The molecule has 0 amide bonds. The van der Waals surface area contributed by atoms with E-state index in [0.29, 0.717) is 11.3 Å². The SMILES string of the molecule is CC(C)(C)c1cc(NS(=O)(=O)c2ccc(C(=O)O)s2)n[nH]1. The fraction of sp³-hybridized carbons (Fsp3) is 0.333. The number of carboxylic acids is 1. The van der Waals surface area contributed by atoms with Crippen molar-refractivity contribution < 1.29 is 18.3 Å². The number of carboxylic acid groups (broad SMARTS) is 1. The number of thiophene rings is 1. The number of aromatic nitrogens is 2. The maximum absolute atomic E-state index is 12.1. The van der Waals surface area contributed by atoms with Crippen LogP contribution < -0.4 is 4.72 Å². The second-order valence-electron chi connectivity index (χ2n) is 5.45. The van der Waals surface area contributed by atoms with Gasteiger partial charge in [-0.15, -0.1) is 11.3 Å². The lowest BCUT2D eigenvalue weighted by Gasteiger charge is -2.14. The Morgan fingerprint density at radius 1 is 1.38 bits per heavy atom. The molecular weight excluding hydrogens is 314 g/mol. The number of rotatable bonds is 4. The summed E-state index contributed by atoms with van der Waals surface area (Å²) in [7, 11) is -3.84. The molecule has 9 heteroatoms. The van der Waals surface area contributed by atoms with Gasteiger partial charge in [-0.3, -0.25) is 9.82 Å². The Morgan fingerprint density at radius 3 is 2.52 bits per heavy atom. The molecular formula is C12H15N3O4S2. The molecule has 0 bridgehead atoms. The highest BCUT2D eigenvalue weighted by molar-refractivity contribution is 7.94. The van der Waals surface area contributed by atoms with Gasteiger partial charge in [-0.2, -0.15) is 5.10 Å². The molecule has 0 aliphatic rings. The highest BCUT2D eigenvalue weighted by Gasteiger charge is 2.22. The fourth-order valence-corrected chi connectivity index (χ4v) is 3.66. The number of H-pyrrole nitrogens is 1. The Kier molecular flexibility index (Phi) is 3.81. The van der Waals surface area contributed by atoms with E-state index in [0.717, 1.165) is 5.69 Å². The molecule has 2 aromatic rings. The van der Waals surface area contributed by atoms with Crippen molar-refractivity contribution >= 4 is 33.1 Å². The van der Waals surface area contributed by atoms with Crippen molar-refractivity contribution in [1.29, 1.82) is 0 Å². The van der Waals surface area contributed by atoms with Gasteiger partial charge in [0, 0.05) is 17.2 Å². The Hall–Kier alpha value is -1.87. The molecule has 0 aromatic carbocycles. The summed E-state index contributed by atoms with van der Waals surface area (Å²) in [5, 5.41) is 15.5. The fourth-order valence-electron chi connectivity index (χ4n) is 1.53. The first-order valence-electron chi connectivity index (χ1n) is 6.01. The molecule has 0 aliphatic heterocycles. The molecule has 0 aliphatic carbocycles. The molecule has 7 nitrogen and oxygen atoms in total. The van der Waals surface area contributed by atoms with Crippen molar-refractivity contribution in [2.75, 3.05) is 4.72 Å². The van der Waals surface area contributed by atoms with E-state index >= 15 is 0 Å². The molecule has 0 radical (unpaired) electrons. The minimum atomic E-state index is -3.84. The molecule has 0 spiro atoms. The zero-order chi connectivity index (χ0) is 15.8. The van der Waals surface area contributed by atoms with E-state index in [-0.39, 0.29) is 20.3 Å². The highest BCUT2D eigenvalue weighted by Crippen LogP contribution is 2.26. The second kappa shape index (κ2) is 5.15. The van der Waals surface area contributed by atoms with Crippen LogP contribution in [0.3, 0.4) is 0 Å². The zero-order valence-electron chi connectivity index (χ0n) is 11.7. The summed E-state index contributed by atoms with van der Waals surface area (Å²) in [6, 6.07) is 4.13. The topological polar surface area (TPSA) is 112 Å². The Labute approximate surface area is 126 Å². The van der Waals surface area contributed by atoms with Gasteiger partial charge < -0.3 is 5.11 Å². The van der Waals surface area contributed by atoms with E-state index in [1.807, 2.05) is 20.8 Å². The summed E-state index contributed by atoms with van der Waals surface area (Å²) in [5.74, 6) is -0.985. The summed E-state index contributed by atoms with van der Waals surface area (Å²) < 4.78 is 26.6. The third-order valence-electron chi connectivity index (χ3n) is 2.68. The molecule has 0 saturated carbocycles. The van der Waals surface area contributed by atoms with Gasteiger partial charge in [-0.1, -0.05) is 20.8 Å². The molecule has 0 saturated heterocycles. The van der Waals surface area contributed by atoms with E-state index in [1.165, 1.54) is 12.1 Å². The van der Waals surface area contributed by atoms with Gasteiger partial charge in [0.2, 0.25) is 0 Å². The van der Waals surface area contributed by atoms with Crippen LogP contribution in [0.25, 0.3) is 0 Å². The lowest BCUT2D eigenvalue weighted by molar-refractivity contribution is 0.0702. The Balaban J connectivity index is 2.24. The third kappa shape index (κ3) is 3.42. The third-order valence-corrected chi connectivity index (χ3v) is 5.60. The van der Waals surface area contributed by atoms with Crippen LogP contribution >= 0.6 is 11.3 Å². The molecule has 0 fully saturated rings. The number of carbonyl (C=O) groups is 1. The van der Waals surface area contributed by atoms with Crippen molar-refractivity contribution in [3.8, 4) is 0 Å². The summed E-state index contributed by atoms with van der Waals surface area (Å²) in [6.45, 7) is 5.91. The number of nitrogens with zero attached hydrogens (tertiary/aromatic N) is 1. The maximum Gasteiger partial charge on any atom is 0.345 e. The average Bonchev–Trinajstić information content (AvgIpc) is 2.94. The molecule has 2 rings (SSSR count). The number of hydrogen-bond acceptors (Lipinski definition) is 5. The summed E-state index contributed by atoms with van der Waals surface area (Å²) in [4.78, 5) is 10.8. The van der Waals surface area contributed by atoms with E-state index in [2.05, 4.69) is 14.9 Å². The number of sulfonamides is 1. The maximum atomic E-state index is 12.1. The van der Waals surface area contributed by atoms with Crippen molar-refractivity contribution in [2.24, 2.45) is 0 Å². The van der Waals surface area contributed by atoms with Crippen molar-refractivity contribution in [3.05, 3.63) is 28.8 Å². The number of anilines is 1. The first kappa shape index (κ1) is 15.5. The number of hydrogen-bond donors (Lipinski definition) is 3. The lowest BCUT2D eigenvalue weighted by atomic mass is 9.92. The summed E-state index contributed by atoms with van der Waals surface area (Å²) >= 11 is 0.692. The van der Waals surface area contributed by atoms with Crippen molar-refractivity contribution in [3.63, 3.8) is 0 Å². The summed E-state index contributed by atoms with van der Waals surface area (Å²) in [6.07, 6.45) is 0. The van der Waals surface area contributed by atoms with Gasteiger partial charge in [-0.25, -0.2) is 13.2 Å². The van der Waals surface area contributed by atoms with Gasteiger partial charge >= 0.3 is 5.97 Å². The molecule has 21 heavy (non-hydrogen) atoms. The van der Waals surface area contributed by atoms with E-state index in [4.69, 9.17) is 5.11 Å². The first-order valence-corrected chi connectivity index (χ1v) is 8.31. The molecule has 0 unspecified atom stereocenters. The Bertz CT molecular complexity index is 769. The van der Waals surface area contributed by atoms with E-state index in [9.17, 15) is 13.2 Å². The molecule has 0 atom stereocenters. The van der Waals surface area contributed by atoms with E-state index < -0.39 is 16.0 Å². The predicted molar refractivity (Wildman–Crippen MR) is 79.4 cm³/mol. The predicted octanol–water partition coefficient (Wildman–Crippen LogP) is 2.27. The van der Waals surface area contributed by atoms with E-state index in [1.54, 1.807) is 6.07 Å². The standard InChI is InChI=1S/C12H15N3O4S2/c1-12(2,3)8-6-9(14-13-8)15-21(18,19)10-5-4-7(20-10)11(16)17/h4-6H,1-3H3,(H,16,17)(H2,13,14,15). The highest BCUT2D eigenvalue weighted by atomic mass is 32.2. The van der Waals surface area contributed by atoms with Crippen LogP contribution in [-0.4, -0.2) is 29.7 Å². The molecule has 3 N–H and O–H groups in total. The summed E-state index contributed by atoms with van der Waals surface area (Å²) in [5.41, 5.74) is 0.605. The quantitative estimate of drug-likeness (QED) is 0.796. The first-order chi connectivity index (χ1) is 9.59. The monoisotopic (exact) mass is 329 g/mol.